The van der Waals surface area contributed by atoms with E-state index in [1.807, 2.05) is 0 Å². The molecule has 1 saturated heterocycles. The fraction of sp³-hybridized carbons (Fsp3) is 0.250. The van der Waals surface area contributed by atoms with Crippen molar-refractivity contribution in [1.82, 2.24) is 20.3 Å². The summed E-state index contributed by atoms with van der Waals surface area (Å²) in [5.74, 6) is -3.75. The molecule has 1 aliphatic heterocycles. The van der Waals surface area contributed by atoms with Gasteiger partial charge >= 0.3 is 6.18 Å². The second kappa shape index (κ2) is 10.4. The van der Waals surface area contributed by atoms with Crippen LogP contribution in [0.25, 0.3) is 11.3 Å². The number of aromatic nitrogens is 1. The average molecular weight is 522 g/mol. The summed E-state index contributed by atoms with van der Waals surface area (Å²) < 4.78 is 72.2. The van der Waals surface area contributed by atoms with Gasteiger partial charge in [-0.3, -0.25) is 14.4 Å². The topological polar surface area (TPSA) is 95.8 Å². The number of benzene rings is 2. The standard InChI is InChI=1S/C24H19F5N4O4/c25-14-5-6-17(24(27,28)29)16(11-14)23(36)33-9-7-32(8-10-33)21(34)13-30-22(35)19-12-20(37-31-19)15-3-1-2-4-18(15)26/h1-6,11-12H,7-10,13H2,(H,30,35). The monoisotopic (exact) mass is 522 g/mol. The van der Waals surface area contributed by atoms with Crippen LogP contribution in [0.15, 0.2) is 53.1 Å². The molecule has 3 aromatic rings. The normalized spacial score (nSPS) is 14.0. The van der Waals surface area contributed by atoms with Gasteiger partial charge in [0.05, 0.1) is 23.2 Å². The highest BCUT2D eigenvalue weighted by molar-refractivity contribution is 5.97. The van der Waals surface area contributed by atoms with Gasteiger partial charge in [0.25, 0.3) is 11.8 Å². The molecule has 3 amide bonds. The molecular weight excluding hydrogens is 503 g/mol. The molecule has 2 heterocycles. The summed E-state index contributed by atoms with van der Waals surface area (Å²) in [6, 6.07) is 8.65. The zero-order chi connectivity index (χ0) is 26.7. The molecule has 1 N–H and O–H groups in total. The lowest BCUT2D eigenvalue weighted by Gasteiger charge is -2.35. The van der Waals surface area contributed by atoms with Crippen LogP contribution in [0.5, 0.6) is 0 Å². The van der Waals surface area contributed by atoms with Crippen LogP contribution in [0.2, 0.25) is 0 Å². The lowest BCUT2D eigenvalue weighted by atomic mass is 10.0. The molecule has 8 nitrogen and oxygen atoms in total. The van der Waals surface area contributed by atoms with Crippen molar-refractivity contribution in [3.63, 3.8) is 0 Å². The minimum atomic E-state index is -4.84. The number of hydrogen-bond acceptors (Lipinski definition) is 5. The van der Waals surface area contributed by atoms with Crippen molar-refractivity contribution in [3.05, 3.63) is 77.0 Å². The molecule has 1 fully saturated rings. The molecule has 37 heavy (non-hydrogen) atoms. The van der Waals surface area contributed by atoms with E-state index in [-0.39, 0.29) is 43.2 Å². The number of rotatable bonds is 5. The molecule has 0 unspecified atom stereocenters. The van der Waals surface area contributed by atoms with Crippen molar-refractivity contribution < 1.29 is 40.9 Å². The Labute approximate surface area is 206 Å². The quantitative estimate of drug-likeness (QED) is 0.519. The smallest absolute Gasteiger partial charge is 0.355 e. The lowest BCUT2D eigenvalue weighted by molar-refractivity contribution is -0.138. The number of amides is 3. The molecule has 0 bridgehead atoms. The Morgan fingerprint density at radius 1 is 0.946 bits per heavy atom. The zero-order valence-electron chi connectivity index (χ0n) is 19.0. The van der Waals surface area contributed by atoms with Gasteiger partial charge in [0.2, 0.25) is 5.91 Å². The molecular formula is C24H19F5N4O4. The first kappa shape index (κ1) is 25.8. The Hall–Kier alpha value is -4.29. The van der Waals surface area contributed by atoms with Gasteiger partial charge in [0.1, 0.15) is 11.6 Å². The molecule has 2 aromatic carbocycles. The van der Waals surface area contributed by atoms with Gasteiger partial charge in [-0.25, -0.2) is 8.78 Å². The first-order chi connectivity index (χ1) is 17.5. The van der Waals surface area contributed by atoms with Crippen molar-refractivity contribution in [2.75, 3.05) is 32.7 Å². The third kappa shape index (κ3) is 5.76. The van der Waals surface area contributed by atoms with Crippen molar-refractivity contribution in [3.8, 4) is 11.3 Å². The van der Waals surface area contributed by atoms with E-state index in [9.17, 15) is 36.3 Å². The number of alkyl halides is 3. The van der Waals surface area contributed by atoms with Gasteiger partial charge in [-0.15, -0.1) is 0 Å². The fourth-order valence-electron chi connectivity index (χ4n) is 3.80. The molecule has 0 spiro atoms. The summed E-state index contributed by atoms with van der Waals surface area (Å²) in [4.78, 5) is 39.9. The maximum Gasteiger partial charge on any atom is 0.417 e. The largest absolute Gasteiger partial charge is 0.417 e. The van der Waals surface area contributed by atoms with Crippen LogP contribution >= 0.6 is 0 Å². The maximum atomic E-state index is 13.9. The van der Waals surface area contributed by atoms with Crippen LogP contribution in [0.4, 0.5) is 22.0 Å². The maximum absolute atomic E-state index is 13.9. The van der Waals surface area contributed by atoms with Gasteiger partial charge < -0.3 is 19.6 Å². The summed E-state index contributed by atoms with van der Waals surface area (Å²) >= 11 is 0. The molecule has 194 valence electrons. The van der Waals surface area contributed by atoms with E-state index in [0.29, 0.717) is 18.2 Å². The Balaban J connectivity index is 1.31. The molecule has 1 aromatic heterocycles. The van der Waals surface area contributed by atoms with E-state index >= 15 is 0 Å². The molecule has 0 radical (unpaired) electrons. The van der Waals surface area contributed by atoms with Crippen LogP contribution in [0.3, 0.4) is 0 Å². The van der Waals surface area contributed by atoms with Gasteiger partial charge in [0.15, 0.2) is 11.5 Å². The number of carbonyl (C=O) groups excluding carboxylic acids is 3. The summed E-state index contributed by atoms with van der Waals surface area (Å²) in [7, 11) is 0. The minimum Gasteiger partial charge on any atom is -0.355 e. The second-order valence-electron chi connectivity index (χ2n) is 8.10. The Morgan fingerprint density at radius 2 is 1.62 bits per heavy atom. The summed E-state index contributed by atoms with van der Waals surface area (Å²) in [5, 5.41) is 5.96. The number of hydrogen-bond donors (Lipinski definition) is 1. The van der Waals surface area contributed by atoms with E-state index in [0.717, 1.165) is 4.90 Å². The highest BCUT2D eigenvalue weighted by Gasteiger charge is 2.37. The number of piperazine rings is 1. The van der Waals surface area contributed by atoms with Crippen LogP contribution in [0.1, 0.15) is 26.4 Å². The zero-order valence-corrected chi connectivity index (χ0v) is 19.0. The summed E-state index contributed by atoms with van der Waals surface area (Å²) in [6.45, 7) is -0.586. The van der Waals surface area contributed by atoms with Crippen molar-refractivity contribution in [2.45, 2.75) is 6.18 Å². The molecule has 0 atom stereocenters. The van der Waals surface area contributed by atoms with Gasteiger partial charge in [-0.05, 0) is 30.3 Å². The third-order valence-electron chi connectivity index (χ3n) is 5.72. The number of halogens is 5. The summed E-state index contributed by atoms with van der Waals surface area (Å²) in [6.07, 6.45) is -4.84. The van der Waals surface area contributed by atoms with Crippen molar-refractivity contribution >= 4 is 17.7 Å². The predicted octanol–water partition coefficient (Wildman–Crippen LogP) is 3.35. The summed E-state index contributed by atoms with van der Waals surface area (Å²) in [5.41, 5.74) is -2.11. The average Bonchev–Trinajstić information content (AvgIpc) is 3.36. The van der Waals surface area contributed by atoms with Gasteiger partial charge in [-0.2, -0.15) is 13.2 Å². The molecule has 0 aliphatic carbocycles. The van der Waals surface area contributed by atoms with Crippen LogP contribution in [-0.2, 0) is 11.0 Å². The van der Waals surface area contributed by atoms with Crippen LogP contribution in [0, 0.1) is 11.6 Å². The van der Waals surface area contributed by atoms with E-state index in [1.165, 1.54) is 29.2 Å². The minimum absolute atomic E-state index is 0.00148. The first-order valence-electron chi connectivity index (χ1n) is 11.0. The van der Waals surface area contributed by atoms with Crippen molar-refractivity contribution in [2.24, 2.45) is 0 Å². The fourth-order valence-corrected chi connectivity index (χ4v) is 3.80. The molecule has 0 saturated carbocycles. The highest BCUT2D eigenvalue weighted by Crippen LogP contribution is 2.33. The van der Waals surface area contributed by atoms with Gasteiger partial charge in [-0.1, -0.05) is 17.3 Å². The third-order valence-corrected chi connectivity index (χ3v) is 5.72. The van der Waals surface area contributed by atoms with Crippen LogP contribution < -0.4 is 5.32 Å². The second-order valence-corrected chi connectivity index (χ2v) is 8.10. The number of nitrogens with one attached hydrogen (secondary N) is 1. The number of nitrogens with zero attached hydrogens (tertiary/aromatic N) is 3. The Bertz CT molecular complexity index is 1330. The predicted molar refractivity (Wildman–Crippen MR) is 118 cm³/mol. The number of carbonyl (C=O) groups is 3. The van der Waals surface area contributed by atoms with E-state index in [2.05, 4.69) is 10.5 Å². The van der Waals surface area contributed by atoms with E-state index < -0.39 is 53.2 Å². The highest BCUT2D eigenvalue weighted by atomic mass is 19.4. The SMILES string of the molecule is O=C(NCC(=O)N1CCN(C(=O)c2cc(F)ccc2C(F)(F)F)CC1)c1cc(-c2ccccc2F)on1. The van der Waals surface area contributed by atoms with Gasteiger partial charge in [0, 0.05) is 32.2 Å². The molecule has 13 heteroatoms. The van der Waals surface area contributed by atoms with Crippen molar-refractivity contribution in [1.29, 1.82) is 0 Å². The lowest BCUT2D eigenvalue weighted by Crippen LogP contribution is -2.52. The Morgan fingerprint density at radius 3 is 2.30 bits per heavy atom. The Kier molecular flexibility index (Phi) is 7.23. The molecule has 1 aliphatic rings. The molecule has 4 rings (SSSR count). The van der Waals surface area contributed by atoms with Crippen LogP contribution in [-0.4, -0.2) is 65.4 Å². The van der Waals surface area contributed by atoms with E-state index in [4.69, 9.17) is 4.52 Å². The van der Waals surface area contributed by atoms with E-state index in [1.54, 1.807) is 6.07 Å². The first-order valence-corrected chi connectivity index (χ1v) is 11.0.